The number of nitrogens with one attached hydrogen (secondary N) is 3. The Labute approximate surface area is 172 Å². The van der Waals surface area contributed by atoms with Crippen LogP contribution in [0.3, 0.4) is 0 Å². The fourth-order valence-corrected chi connectivity index (χ4v) is 3.70. The Morgan fingerprint density at radius 3 is 2.60 bits per heavy atom. The number of fused-ring (bicyclic) bond motifs is 1. The Kier molecular flexibility index (Phi) is 5.47. The molecule has 3 N–H and O–H groups in total. The Balaban J connectivity index is 1.35. The van der Waals surface area contributed by atoms with Gasteiger partial charge in [-0.3, -0.25) is 25.2 Å². The molecular formula is C22H21FN4O3. The number of nitrogens with zero attached hydrogens (tertiary/aromatic N) is 1. The molecule has 1 fully saturated rings. The van der Waals surface area contributed by atoms with Crippen molar-refractivity contribution < 1.29 is 18.8 Å². The molecule has 0 saturated carbocycles. The molecule has 1 unspecified atom stereocenters. The van der Waals surface area contributed by atoms with Crippen LogP contribution in [0, 0.1) is 11.7 Å². The third-order valence-electron chi connectivity index (χ3n) is 5.30. The maximum absolute atomic E-state index is 13.1. The standard InChI is InChI=1S/C22H21FN4O3/c23-16-9-7-14(8-10-16)22(30)27-11-3-4-15(13-27)20(28)25-26-21(29)18-12-24-19-6-2-1-5-17(18)19/h1-2,5-10,12,15,24H,3-4,11,13H2,(H,25,28)(H,26,29). The first-order valence-electron chi connectivity index (χ1n) is 9.74. The summed E-state index contributed by atoms with van der Waals surface area (Å²) >= 11 is 0. The van der Waals surface area contributed by atoms with Gasteiger partial charge in [0.2, 0.25) is 5.91 Å². The Hall–Kier alpha value is -3.68. The zero-order chi connectivity index (χ0) is 21.1. The van der Waals surface area contributed by atoms with E-state index in [2.05, 4.69) is 15.8 Å². The molecule has 1 atom stereocenters. The molecule has 4 rings (SSSR count). The number of aromatic amines is 1. The molecule has 2 heterocycles. The van der Waals surface area contributed by atoms with E-state index in [0.717, 1.165) is 10.9 Å². The summed E-state index contributed by atoms with van der Waals surface area (Å²) in [6.07, 6.45) is 2.87. The highest BCUT2D eigenvalue weighted by Crippen LogP contribution is 2.20. The number of hydrogen-bond acceptors (Lipinski definition) is 3. The van der Waals surface area contributed by atoms with Gasteiger partial charge in [0, 0.05) is 35.8 Å². The van der Waals surface area contributed by atoms with Crippen molar-refractivity contribution in [3.63, 3.8) is 0 Å². The van der Waals surface area contributed by atoms with Crippen molar-refractivity contribution in [2.24, 2.45) is 5.92 Å². The quantitative estimate of drug-likeness (QED) is 0.582. The van der Waals surface area contributed by atoms with Gasteiger partial charge in [-0.1, -0.05) is 18.2 Å². The molecule has 1 aliphatic rings. The predicted octanol–water partition coefficient (Wildman–Crippen LogP) is 2.62. The van der Waals surface area contributed by atoms with E-state index in [-0.39, 0.29) is 18.4 Å². The average Bonchev–Trinajstić information content (AvgIpc) is 3.21. The Morgan fingerprint density at radius 1 is 1.03 bits per heavy atom. The number of para-hydroxylation sites is 1. The van der Waals surface area contributed by atoms with Gasteiger partial charge < -0.3 is 9.88 Å². The van der Waals surface area contributed by atoms with Gasteiger partial charge in [-0.15, -0.1) is 0 Å². The molecule has 7 nitrogen and oxygen atoms in total. The first-order chi connectivity index (χ1) is 14.5. The van der Waals surface area contributed by atoms with E-state index in [1.807, 2.05) is 24.3 Å². The topological polar surface area (TPSA) is 94.3 Å². The number of rotatable bonds is 3. The van der Waals surface area contributed by atoms with Gasteiger partial charge in [-0.25, -0.2) is 4.39 Å². The number of halogens is 1. The van der Waals surface area contributed by atoms with E-state index in [0.29, 0.717) is 30.5 Å². The second kappa shape index (κ2) is 8.36. The van der Waals surface area contributed by atoms with Crippen molar-refractivity contribution in [1.29, 1.82) is 0 Å². The third kappa shape index (κ3) is 4.03. The molecule has 0 spiro atoms. The summed E-state index contributed by atoms with van der Waals surface area (Å²) in [5, 5.41) is 0.762. The lowest BCUT2D eigenvalue weighted by molar-refractivity contribution is -0.127. The summed E-state index contributed by atoms with van der Waals surface area (Å²) in [5.74, 6) is -1.86. The van der Waals surface area contributed by atoms with E-state index >= 15 is 0 Å². The molecular weight excluding hydrogens is 387 g/mol. The van der Waals surface area contributed by atoms with Crippen LogP contribution in [-0.2, 0) is 4.79 Å². The summed E-state index contributed by atoms with van der Waals surface area (Å²) in [6.45, 7) is 0.771. The lowest BCUT2D eigenvalue weighted by Crippen LogP contribution is -2.50. The summed E-state index contributed by atoms with van der Waals surface area (Å²) in [5.41, 5.74) is 6.57. The van der Waals surface area contributed by atoms with Crippen molar-refractivity contribution in [2.45, 2.75) is 12.8 Å². The molecule has 0 aliphatic carbocycles. The molecule has 2 aromatic carbocycles. The lowest BCUT2D eigenvalue weighted by Gasteiger charge is -2.32. The minimum absolute atomic E-state index is 0.240. The van der Waals surface area contributed by atoms with E-state index in [1.54, 1.807) is 11.1 Å². The number of likely N-dealkylation sites (tertiary alicyclic amines) is 1. The van der Waals surface area contributed by atoms with Gasteiger partial charge in [-0.2, -0.15) is 0 Å². The Bertz CT molecular complexity index is 1090. The minimum atomic E-state index is -0.439. The van der Waals surface area contributed by atoms with Crippen LogP contribution >= 0.6 is 0 Å². The molecule has 8 heteroatoms. The summed E-state index contributed by atoms with van der Waals surface area (Å²) in [6, 6.07) is 12.7. The smallest absolute Gasteiger partial charge is 0.271 e. The highest BCUT2D eigenvalue weighted by molar-refractivity contribution is 6.07. The molecule has 154 valence electrons. The molecule has 0 bridgehead atoms. The number of benzene rings is 2. The van der Waals surface area contributed by atoms with Gasteiger partial charge in [-0.05, 0) is 43.2 Å². The van der Waals surface area contributed by atoms with Crippen LogP contribution in [0.25, 0.3) is 10.9 Å². The highest BCUT2D eigenvalue weighted by Gasteiger charge is 2.29. The summed E-state index contributed by atoms with van der Waals surface area (Å²) in [7, 11) is 0. The van der Waals surface area contributed by atoms with Crippen molar-refractivity contribution in [3.8, 4) is 0 Å². The van der Waals surface area contributed by atoms with Gasteiger partial charge >= 0.3 is 0 Å². The van der Waals surface area contributed by atoms with E-state index in [4.69, 9.17) is 0 Å². The second-order valence-corrected chi connectivity index (χ2v) is 7.29. The van der Waals surface area contributed by atoms with Crippen LogP contribution in [0.4, 0.5) is 4.39 Å². The van der Waals surface area contributed by atoms with Crippen molar-refractivity contribution >= 4 is 28.6 Å². The molecule has 1 saturated heterocycles. The van der Waals surface area contributed by atoms with E-state index in [9.17, 15) is 18.8 Å². The largest absolute Gasteiger partial charge is 0.360 e. The number of aromatic nitrogens is 1. The second-order valence-electron chi connectivity index (χ2n) is 7.29. The fourth-order valence-electron chi connectivity index (χ4n) is 3.70. The van der Waals surface area contributed by atoms with Gasteiger partial charge in [0.25, 0.3) is 11.8 Å². The normalized spacial score (nSPS) is 16.3. The highest BCUT2D eigenvalue weighted by atomic mass is 19.1. The molecule has 1 aliphatic heterocycles. The number of hydrazine groups is 1. The maximum atomic E-state index is 13.1. The molecule has 3 aromatic rings. The summed E-state index contributed by atoms with van der Waals surface area (Å²) < 4.78 is 13.1. The first kappa shape index (κ1) is 19.6. The van der Waals surface area contributed by atoms with E-state index < -0.39 is 17.6 Å². The van der Waals surface area contributed by atoms with Crippen LogP contribution in [0.15, 0.2) is 54.7 Å². The van der Waals surface area contributed by atoms with Gasteiger partial charge in [0.15, 0.2) is 0 Å². The van der Waals surface area contributed by atoms with Crippen LogP contribution in [0.5, 0.6) is 0 Å². The van der Waals surface area contributed by atoms with Crippen LogP contribution < -0.4 is 10.9 Å². The zero-order valence-corrected chi connectivity index (χ0v) is 16.2. The SMILES string of the molecule is O=C(NNC(=O)C1CCCN(C(=O)c2ccc(F)cc2)C1)c1c[nH]c2ccccc12. The van der Waals surface area contributed by atoms with E-state index in [1.165, 1.54) is 24.3 Å². The van der Waals surface area contributed by atoms with Crippen LogP contribution in [0.2, 0.25) is 0 Å². The number of piperidine rings is 1. The third-order valence-corrected chi connectivity index (χ3v) is 5.30. The molecule has 30 heavy (non-hydrogen) atoms. The molecule has 0 radical (unpaired) electrons. The number of carbonyl (C=O) groups is 3. The first-order valence-corrected chi connectivity index (χ1v) is 9.74. The average molecular weight is 408 g/mol. The van der Waals surface area contributed by atoms with Crippen LogP contribution in [0.1, 0.15) is 33.6 Å². The molecule has 1 aromatic heterocycles. The number of carbonyl (C=O) groups excluding carboxylic acids is 3. The van der Waals surface area contributed by atoms with Gasteiger partial charge in [0.1, 0.15) is 5.82 Å². The van der Waals surface area contributed by atoms with Crippen LogP contribution in [-0.4, -0.2) is 40.7 Å². The monoisotopic (exact) mass is 408 g/mol. The summed E-state index contributed by atoms with van der Waals surface area (Å²) in [4.78, 5) is 42.2. The number of H-pyrrole nitrogens is 1. The minimum Gasteiger partial charge on any atom is -0.360 e. The number of hydrogen-bond donors (Lipinski definition) is 3. The number of amides is 3. The maximum Gasteiger partial charge on any atom is 0.271 e. The van der Waals surface area contributed by atoms with Crippen molar-refractivity contribution in [1.82, 2.24) is 20.7 Å². The van der Waals surface area contributed by atoms with Crippen molar-refractivity contribution in [3.05, 3.63) is 71.7 Å². The fraction of sp³-hybridized carbons (Fsp3) is 0.227. The van der Waals surface area contributed by atoms with Gasteiger partial charge in [0.05, 0.1) is 11.5 Å². The Morgan fingerprint density at radius 2 is 1.80 bits per heavy atom. The van der Waals surface area contributed by atoms with Crippen molar-refractivity contribution in [2.75, 3.05) is 13.1 Å². The molecule has 3 amide bonds. The predicted molar refractivity (Wildman–Crippen MR) is 109 cm³/mol. The zero-order valence-electron chi connectivity index (χ0n) is 16.2. The lowest BCUT2D eigenvalue weighted by atomic mass is 9.96.